The van der Waals surface area contributed by atoms with E-state index in [1.807, 2.05) is 13.8 Å². The Labute approximate surface area is 126 Å². The van der Waals surface area contributed by atoms with Crippen LogP contribution in [0.15, 0.2) is 17.2 Å². The van der Waals surface area contributed by atoms with Crippen LogP contribution in [0.3, 0.4) is 0 Å². The zero-order chi connectivity index (χ0) is 15.6. The van der Waals surface area contributed by atoms with Crippen molar-refractivity contribution < 1.29 is 13.2 Å². The van der Waals surface area contributed by atoms with Gasteiger partial charge in [-0.3, -0.25) is 4.79 Å². The maximum atomic E-state index is 12.6. The number of rotatable bonds is 6. The second-order valence-electron chi connectivity index (χ2n) is 5.53. The van der Waals surface area contributed by atoms with Crippen LogP contribution >= 0.6 is 0 Å². The number of aromatic nitrogens is 1. The summed E-state index contributed by atoms with van der Waals surface area (Å²) in [6, 6.07) is 1.38. The number of primary sulfonamides is 1. The summed E-state index contributed by atoms with van der Waals surface area (Å²) in [6.07, 6.45) is 5.00. The molecule has 1 amide bonds. The summed E-state index contributed by atoms with van der Waals surface area (Å²) in [5.74, 6) is 0.456. The fraction of sp³-hybridized carbons (Fsp3) is 0.643. The summed E-state index contributed by atoms with van der Waals surface area (Å²) in [5, 5.41) is 5.15. The SMILES string of the molecule is CCN(CC1CCC1)C(=O)c1cc(S(N)(=O)=O)cn1CC. The van der Waals surface area contributed by atoms with E-state index in [1.54, 1.807) is 9.47 Å². The van der Waals surface area contributed by atoms with E-state index in [0.29, 0.717) is 24.7 Å². The topological polar surface area (TPSA) is 85.4 Å². The molecular formula is C14H23N3O3S. The van der Waals surface area contributed by atoms with E-state index in [4.69, 9.17) is 5.14 Å². The molecule has 0 unspecified atom stereocenters. The normalized spacial score (nSPS) is 15.8. The Morgan fingerprint density at radius 3 is 2.52 bits per heavy atom. The molecule has 0 atom stereocenters. The molecule has 0 spiro atoms. The second-order valence-corrected chi connectivity index (χ2v) is 7.09. The van der Waals surface area contributed by atoms with Crippen molar-refractivity contribution in [1.82, 2.24) is 9.47 Å². The van der Waals surface area contributed by atoms with Crippen LogP contribution in [0.4, 0.5) is 0 Å². The standard InChI is InChI=1S/C14H23N3O3S/c1-3-16-10-12(21(15,19)20)8-13(16)14(18)17(4-2)9-11-6-5-7-11/h8,10-11H,3-7,9H2,1-2H3,(H2,15,19,20). The highest BCUT2D eigenvalue weighted by Crippen LogP contribution is 2.27. The predicted molar refractivity (Wildman–Crippen MR) is 80.4 cm³/mol. The van der Waals surface area contributed by atoms with Gasteiger partial charge in [-0.15, -0.1) is 0 Å². The summed E-state index contributed by atoms with van der Waals surface area (Å²) in [5.41, 5.74) is 0.391. The lowest BCUT2D eigenvalue weighted by molar-refractivity contribution is 0.0695. The van der Waals surface area contributed by atoms with Gasteiger partial charge in [-0.05, 0) is 38.7 Å². The molecule has 0 aromatic carbocycles. The minimum Gasteiger partial charge on any atom is -0.342 e. The number of nitrogens with two attached hydrogens (primary N) is 1. The summed E-state index contributed by atoms with van der Waals surface area (Å²) < 4.78 is 24.5. The summed E-state index contributed by atoms with van der Waals surface area (Å²) in [6.45, 7) is 5.70. The Balaban J connectivity index is 2.25. The van der Waals surface area contributed by atoms with Crippen LogP contribution < -0.4 is 5.14 Å². The fourth-order valence-electron chi connectivity index (χ4n) is 2.58. The average molecular weight is 313 g/mol. The molecule has 118 valence electrons. The van der Waals surface area contributed by atoms with Crippen LogP contribution in [0.5, 0.6) is 0 Å². The molecule has 1 fully saturated rings. The Kier molecular flexibility index (Phi) is 4.73. The molecule has 2 rings (SSSR count). The molecule has 0 aliphatic heterocycles. The zero-order valence-corrected chi connectivity index (χ0v) is 13.4. The Bertz CT molecular complexity index is 617. The second kappa shape index (κ2) is 6.19. The lowest BCUT2D eigenvalue weighted by atomic mass is 9.85. The average Bonchev–Trinajstić information content (AvgIpc) is 2.81. The van der Waals surface area contributed by atoms with Gasteiger partial charge in [0, 0.05) is 25.8 Å². The molecule has 1 saturated carbocycles. The van der Waals surface area contributed by atoms with Crippen molar-refractivity contribution in [1.29, 1.82) is 0 Å². The number of amides is 1. The minimum absolute atomic E-state index is 0.00704. The van der Waals surface area contributed by atoms with Gasteiger partial charge in [0.05, 0.1) is 0 Å². The molecule has 1 aromatic heterocycles. The largest absolute Gasteiger partial charge is 0.342 e. The molecule has 0 bridgehead atoms. The van der Waals surface area contributed by atoms with E-state index in [9.17, 15) is 13.2 Å². The first-order valence-electron chi connectivity index (χ1n) is 7.39. The molecule has 6 nitrogen and oxygen atoms in total. The fourth-order valence-corrected chi connectivity index (χ4v) is 3.13. The highest BCUT2D eigenvalue weighted by Gasteiger charge is 2.26. The highest BCUT2D eigenvalue weighted by molar-refractivity contribution is 7.89. The number of sulfonamides is 1. The van der Waals surface area contributed by atoms with E-state index in [1.165, 1.54) is 31.5 Å². The number of carbonyl (C=O) groups excluding carboxylic acids is 1. The summed E-state index contributed by atoms with van der Waals surface area (Å²) in [4.78, 5) is 14.4. The van der Waals surface area contributed by atoms with Gasteiger partial charge in [-0.1, -0.05) is 6.42 Å². The first kappa shape index (κ1) is 16.0. The van der Waals surface area contributed by atoms with Crippen LogP contribution in [0, 0.1) is 5.92 Å². The molecule has 21 heavy (non-hydrogen) atoms. The molecule has 0 saturated heterocycles. The lowest BCUT2D eigenvalue weighted by Crippen LogP contribution is -2.38. The number of carbonyl (C=O) groups is 1. The van der Waals surface area contributed by atoms with Crippen molar-refractivity contribution >= 4 is 15.9 Å². The third kappa shape index (κ3) is 3.47. The van der Waals surface area contributed by atoms with Crippen molar-refractivity contribution in [3.63, 3.8) is 0 Å². The van der Waals surface area contributed by atoms with Gasteiger partial charge in [0.15, 0.2) is 0 Å². The van der Waals surface area contributed by atoms with Gasteiger partial charge < -0.3 is 9.47 Å². The van der Waals surface area contributed by atoms with Gasteiger partial charge in [0.1, 0.15) is 10.6 Å². The van der Waals surface area contributed by atoms with Gasteiger partial charge in [0.2, 0.25) is 10.0 Å². The molecule has 7 heteroatoms. The van der Waals surface area contributed by atoms with Crippen molar-refractivity contribution in [3.05, 3.63) is 18.0 Å². The number of hydrogen-bond donors (Lipinski definition) is 1. The number of hydrogen-bond acceptors (Lipinski definition) is 3. The summed E-state index contributed by atoms with van der Waals surface area (Å²) in [7, 11) is -3.79. The van der Waals surface area contributed by atoms with Crippen molar-refractivity contribution in [3.8, 4) is 0 Å². The van der Waals surface area contributed by atoms with E-state index >= 15 is 0 Å². The van der Waals surface area contributed by atoms with E-state index in [2.05, 4.69) is 0 Å². The smallest absolute Gasteiger partial charge is 0.270 e. The van der Waals surface area contributed by atoms with E-state index in [0.717, 1.165) is 6.54 Å². The molecule has 2 N–H and O–H groups in total. The number of aryl methyl sites for hydroxylation is 1. The van der Waals surface area contributed by atoms with Crippen LogP contribution in [0.2, 0.25) is 0 Å². The Hall–Kier alpha value is -1.34. The third-order valence-electron chi connectivity index (χ3n) is 4.13. The molecule has 0 radical (unpaired) electrons. The van der Waals surface area contributed by atoms with Crippen LogP contribution in [0.25, 0.3) is 0 Å². The Morgan fingerprint density at radius 2 is 2.10 bits per heavy atom. The molecule has 1 aliphatic rings. The van der Waals surface area contributed by atoms with E-state index in [-0.39, 0.29) is 10.8 Å². The van der Waals surface area contributed by atoms with Crippen molar-refractivity contribution in [2.75, 3.05) is 13.1 Å². The molecule has 1 aromatic rings. The first-order valence-corrected chi connectivity index (χ1v) is 8.93. The zero-order valence-electron chi connectivity index (χ0n) is 12.6. The Morgan fingerprint density at radius 1 is 1.43 bits per heavy atom. The molecule has 1 aliphatic carbocycles. The van der Waals surface area contributed by atoms with E-state index < -0.39 is 10.0 Å². The lowest BCUT2D eigenvalue weighted by Gasteiger charge is -2.31. The van der Waals surface area contributed by atoms with Crippen LogP contribution in [0.1, 0.15) is 43.6 Å². The van der Waals surface area contributed by atoms with Crippen LogP contribution in [-0.4, -0.2) is 36.9 Å². The monoisotopic (exact) mass is 313 g/mol. The van der Waals surface area contributed by atoms with Gasteiger partial charge in [0.25, 0.3) is 5.91 Å². The third-order valence-corrected chi connectivity index (χ3v) is 5.01. The maximum Gasteiger partial charge on any atom is 0.270 e. The van der Waals surface area contributed by atoms with Gasteiger partial charge >= 0.3 is 0 Å². The number of nitrogens with zero attached hydrogens (tertiary/aromatic N) is 2. The van der Waals surface area contributed by atoms with Crippen LogP contribution in [-0.2, 0) is 16.6 Å². The molecule has 1 heterocycles. The molecular weight excluding hydrogens is 290 g/mol. The highest BCUT2D eigenvalue weighted by atomic mass is 32.2. The first-order chi connectivity index (χ1) is 9.86. The predicted octanol–water partition coefficient (Wildman–Crippen LogP) is 1.42. The maximum absolute atomic E-state index is 12.6. The van der Waals surface area contributed by atoms with Gasteiger partial charge in [-0.2, -0.15) is 0 Å². The van der Waals surface area contributed by atoms with Gasteiger partial charge in [-0.25, -0.2) is 13.6 Å². The quantitative estimate of drug-likeness (QED) is 0.862. The summed E-state index contributed by atoms with van der Waals surface area (Å²) >= 11 is 0. The van der Waals surface area contributed by atoms with Crippen molar-refractivity contribution in [2.45, 2.75) is 44.6 Å². The van der Waals surface area contributed by atoms with Crippen molar-refractivity contribution in [2.24, 2.45) is 11.1 Å². The minimum atomic E-state index is -3.79.